The van der Waals surface area contributed by atoms with Crippen LogP contribution in [0.15, 0.2) is 128 Å². The van der Waals surface area contributed by atoms with Crippen LogP contribution >= 0.6 is 0 Å². The van der Waals surface area contributed by atoms with Crippen molar-refractivity contribution in [1.82, 2.24) is 23.9 Å². The molecule has 0 spiro atoms. The van der Waals surface area contributed by atoms with Crippen LogP contribution in [0.3, 0.4) is 0 Å². The standard InChI is InChI=1S/C37H21N5/c1-2-9-22(10-3-1)29-18-17-23(21-38-29)41-32-16-7-4-11-24(32)27-19-28-25-12-8-13-26-35-37(40-31-15-6-5-14-30(31)39-35)42(36(25)26)34(28)20-33(27)41/h1-21H. The van der Waals surface area contributed by atoms with Crippen LogP contribution < -0.4 is 0 Å². The van der Waals surface area contributed by atoms with E-state index >= 15 is 0 Å². The van der Waals surface area contributed by atoms with Crippen LogP contribution in [0, 0.1) is 0 Å². The van der Waals surface area contributed by atoms with Gasteiger partial charge in [-0.15, -0.1) is 0 Å². The Morgan fingerprint density at radius 1 is 0.500 bits per heavy atom. The molecule has 194 valence electrons. The lowest BCUT2D eigenvalue weighted by atomic mass is 10.1. The highest BCUT2D eigenvalue weighted by atomic mass is 15.0. The fourth-order valence-electron chi connectivity index (χ4n) is 6.84. The number of fused-ring (bicyclic) bond motifs is 10. The van der Waals surface area contributed by atoms with Crippen molar-refractivity contribution in [1.29, 1.82) is 0 Å². The Morgan fingerprint density at radius 2 is 1.24 bits per heavy atom. The van der Waals surface area contributed by atoms with Crippen LogP contribution in [0.25, 0.3) is 88.1 Å². The topological polar surface area (TPSA) is 48.0 Å². The zero-order valence-electron chi connectivity index (χ0n) is 22.4. The van der Waals surface area contributed by atoms with Gasteiger partial charge in [-0.2, -0.15) is 0 Å². The molecule has 5 heteroatoms. The number of pyridine rings is 1. The molecule has 0 N–H and O–H groups in total. The lowest BCUT2D eigenvalue weighted by molar-refractivity contribution is 1.14. The SMILES string of the molecule is c1ccc(-c2ccc(-n3c4ccccc4c4cc5c6cccc7c8nc9ccccc9nc8n(c5cc43)c67)cn2)cc1. The molecule has 0 fully saturated rings. The monoisotopic (exact) mass is 535 g/mol. The first-order valence-corrected chi connectivity index (χ1v) is 14.1. The molecular formula is C37H21N5. The summed E-state index contributed by atoms with van der Waals surface area (Å²) in [6.07, 6.45) is 1.98. The molecule has 5 aromatic heterocycles. The summed E-state index contributed by atoms with van der Waals surface area (Å²) in [5.41, 5.74) is 11.4. The van der Waals surface area contributed by atoms with Crippen molar-refractivity contribution in [2.24, 2.45) is 0 Å². The van der Waals surface area contributed by atoms with Crippen LogP contribution in [0.1, 0.15) is 0 Å². The van der Waals surface area contributed by atoms with Gasteiger partial charge in [0.2, 0.25) is 0 Å². The molecule has 5 nitrogen and oxygen atoms in total. The van der Waals surface area contributed by atoms with Crippen LogP contribution in [0.2, 0.25) is 0 Å². The Labute approximate surface area is 239 Å². The average molecular weight is 536 g/mol. The van der Waals surface area contributed by atoms with Crippen LogP contribution in [-0.2, 0) is 0 Å². The molecule has 10 rings (SSSR count). The molecule has 42 heavy (non-hydrogen) atoms. The molecule has 0 amide bonds. The molecule has 0 unspecified atom stereocenters. The van der Waals surface area contributed by atoms with E-state index in [4.69, 9.17) is 15.0 Å². The molecule has 0 atom stereocenters. The number of rotatable bonds is 2. The van der Waals surface area contributed by atoms with Gasteiger partial charge in [-0.3, -0.25) is 9.38 Å². The number of aromatic nitrogens is 5. The molecule has 0 bridgehead atoms. The molecular weight excluding hydrogens is 514 g/mol. The fraction of sp³-hybridized carbons (Fsp3) is 0. The summed E-state index contributed by atoms with van der Waals surface area (Å²) >= 11 is 0. The first-order valence-electron chi connectivity index (χ1n) is 14.1. The molecule has 0 radical (unpaired) electrons. The number of benzene rings is 5. The quantitative estimate of drug-likeness (QED) is 0.222. The van der Waals surface area contributed by atoms with Gasteiger partial charge in [0.1, 0.15) is 5.52 Å². The molecule has 0 saturated carbocycles. The average Bonchev–Trinajstić information content (AvgIpc) is 3.67. The van der Waals surface area contributed by atoms with E-state index in [0.717, 1.165) is 61.1 Å². The second-order valence-electron chi connectivity index (χ2n) is 10.9. The second kappa shape index (κ2) is 7.89. The van der Waals surface area contributed by atoms with E-state index < -0.39 is 0 Å². The maximum absolute atomic E-state index is 5.14. The van der Waals surface area contributed by atoms with Crippen molar-refractivity contribution in [2.75, 3.05) is 0 Å². The van der Waals surface area contributed by atoms with Crippen LogP contribution in [0.5, 0.6) is 0 Å². The van der Waals surface area contributed by atoms with Gasteiger partial charge in [0.15, 0.2) is 5.65 Å². The Balaban J connectivity index is 1.33. The lowest BCUT2D eigenvalue weighted by Gasteiger charge is -2.09. The van der Waals surface area contributed by atoms with Gasteiger partial charge in [0.25, 0.3) is 0 Å². The van der Waals surface area contributed by atoms with E-state index in [0.29, 0.717) is 0 Å². The Kier molecular flexibility index (Phi) is 4.12. The molecule has 0 aliphatic heterocycles. The fourth-order valence-corrected chi connectivity index (χ4v) is 6.84. The van der Waals surface area contributed by atoms with Crippen molar-refractivity contribution in [3.8, 4) is 16.9 Å². The van der Waals surface area contributed by atoms with Gasteiger partial charge in [-0.1, -0.05) is 78.9 Å². The van der Waals surface area contributed by atoms with Gasteiger partial charge in [0.05, 0.1) is 50.7 Å². The van der Waals surface area contributed by atoms with Crippen molar-refractivity contribution in [3.63, 3.8) is 0 Å². The molecule has 0 aliphatic rings. The molecule has 0 aliphatic carbocycles. The summed E-state index contributed by atoms with van der Waals surface area (Å²) in [5.74, 6) is 0. The molecule has 10 aromatic rings. The maximum Gasteiger partial charge on any atom is 0.165 e. The summed E-state index contributed by atoms with van der Waals surface area (Å²) in [6.45, 7) is 0. The van der Waals surface area contributed by atoms with E-state index in [1.807, 2.05) is 48.7 Å². The predicted octanol–water partition coefficient (Wildman–Crippen LogP) is 8.94. The number of para-hydroxylation sites is 4. The van der Waals surface area contributed by atoms with Crippen molar-refractivity contribution < 1.29 is 0 Å². The van der Waals surface area contributed by atoms with E-state index in [1.54, 1.807) is 0 Å². The Morgan fingerprint density at radius 3 is 2.10 bits per heavy atom. The summed E-state index contributed by atoms with van der Waals surface area (Å²) < 4.78 is 4.65. The Hall–Kier alpha value is -5.81. The maximum atomic E-state index is 5.14. The highest BCUT2D eigenvalue weighted by molar-refractivity contribution is 6.25. The summed E-state index contributed by atoms with van der Waals surface area (Å²) in [4.78, 5) is 15.1. The third kappa shape index (κ3) is 2.79. The smallest absolute Gasteiger partial charge is 0.165 e. The zero-order valence-corrected chi connectivity index (χ0v) is 22.4. The zero-order chi connectivity index (χ0) is 27.4. The third-order valence-electron chi connectivity index (χ3n) is 8.68. The van der Waals surface area contributed by atoms with Gasteiger partial charge >= 0.3 is 0 Å². The first-order chi connectivity index (χ1) is 20.8. The lowest BCUT2D eigenvalue weighted by Crippen LogP contribution is -1.96. The number of nitrogens with zero attached hydrogens (tertiary/aromatic N) is 5. The third-order valence-corrected chi connectivity index (χ3v) is 8.68. The summed E-state index contributed by atoms with van der Waals surface area (Å²) in [5, 5.41) is 6.02. The van der Waals surface area contributed by atoms with Crippen molar-refractivity contribution in [3.05, 3.63) is 128 Å². The van der Waals surface area contributed by atoms with Crippen molar-refractivity contribution in [2.45, 2.75) is 0 Å². The number of hydrogen-bond acceptors (Lipinski definition) is 3. The second-order valence-corrected chi connectivity index (χ2v) is 10.9. The van der Waals surface area contributed by atoms with Crippen LogP contribution in [-0.4, -0.2) is 23.9 Å². The predicted molar refractivity (Wildman–Crippen MR) is 172 cm³/mol. The van der Waals surface area contributed by atoms with Gasteiger partial charge < -0.3 is 4.57 Å². The largest absolute Gasteiger partial charge is 0.308 e. The van der Waals surface area contributed by atoms with Gasteiger partial charge in [0, 0.05) is 32.5 Å². The Bertz CT molecular complexity index is 2660. The van der Waals surface area contributed by atoms with Crippen LogP contribution in [0.4, 0.5) is 0 Å². The van der Waals surface area contributed by atoms with Gasteiger partial charge in [-0.25, -0.2) is 9.97 Å². The molecule has 5 heterocycles. The summed E-state index contributed by atoms with van der Waals surface area (Å²) in [6, 6.07) is 42.6. The first kappa shape index (κ1) is 21.9. The summed E-state index contributed by atoms with van der Waals surface area (Å²) in [7, 11) is 0. The van der Waals surface area contributed by atoms with E-state index in [9.17, 15) is 0 Å². The molecule has 0 saturated heterocycles. The van der Waals surface area contributed by atoms with Crippen molar-refractivity contribution >= 4 is 71.2 Å². The van der Waals surface area contributed by atoms with E-state index in [1.165, 1.54) is 27.1 Å². The van der Waals surface area contributed by atoms with Gasteiger partial charge in [-0.05, 0) is 42.5 Å². The van der Waals surface area contributed by atoms with E-state index in [-0.39, 0.29) is 0 Å². The number of hydrogen-bond donors (Lipinski definition) is 0. The minimum absolute atomic E-state index is 0.894. The highest BCUT2D eigenvalue weighted by Crippen LogP contribution is 2.42. The highest BCUT2D eigenvalue weighted by Gasteiger charge is 2.22. The minimum atomic E-state index is 0.894. The van der Waals surface area contributed by atoms with E-state index in [2.05, 4.69) is 87.8 Å². The normalized spacial score (nSPS) is 12.3. The molecule has 5 aromatic carbocycles. The minimum Gasteiger partial charge on any atom is -0.308 e.